The highest BCUT2D eigenvalue weighted by atomic mass is 16.5. The molecule has 1 aliphatic heterocycles. The molecule has 0 aliphatic carbocycles. The van der Waals surface area contributed by atoms with Crippen LogP contribution in [0.5, 0.6) is 5.75 Å². The standard InChI is InChI=1S/C22H19N3O2/c23-22-19-12-5-4-10-17(19)14-25(22)24-21(26)15-27-20-13-7-6-11-18(20)16-8-2-1-3-9-16/h1-13,23H,14-15H2,(H,24,26)/p+1. The van der Waals surface area contributed by atoms with Crippen LogP contribution >= 0.6 is 0 Å². The summed E-state index contributed by atoms with van der Waals surface area (Å²) in [5.74, 6) is 0.956. The fraction of sp³-hybridized carbons (Fsp3) is 0.0909. The summed E-state index contributed by atoms with van der Waals surface area (Å²) in [6.07, 6.45) is 0. The molecule has 5 nitrogen and oxygen atoms in total. The first-order valence-electron chi connectivity index (χ1n) is 8.77. The summed E-state index contributed by atoms with van der Waals surface area (Å²) < 4.78 is 7.44. The minimum Gasteiger partial charge on any atom is -0.483 e. The molecule has 0 saturated carbocycles. The number of para-hydroxylation sites is 1. The van der Waals surface area contributed by atoms with Gasteiger partial charge in [-0.25, -0.2) is 0 Å². The van der Waals surface area contributed by atoms with E-state index >= 15 is 0 Å². The molecule has 0 spiro atoms. The number of hydrazine groups is 1. The molecule has 0 aromatic heterocycles. The lowest BCUT2D eigenvalue weighted by Gasteiger charge is -2.11. The highest BCUT2D eigenvalue weighted by Crippen LogP contribution is 2.29. The van der Waals surface area contributed by atoms with Crippen LogP contribution in [0.4, 0.5) is 0 Å². The fourth-order valence-electron chi connectivity index (χ4n) is 3.18. The molecule has 0 atom stereocenters. The average molecular weight is 358 g/mol. The van der Waals surface area contributed by atoms with Crippen LogP contribution in [0, 0.1) is 0 Å². The molecular formula is C22H20N3O2+. The maximum absolute atomic E-state index is 12.4. The van der Waals surface area contributed by atoms with Gasteiger partial charge in [-0.05, 0) is 17.7 Å². The molecule has 134 valence electrons. The number of nitrogens with zero attached hydrogens (tertiary/aromatic N) is 1. The molecule has 1 heterocycles. The molecular weight excluding hydrogens is 338 g/mol. The minimum atomic E-state index is -0.256. The predicted molar refractivity (Wildman–Crippen MR) is 104 cm³/mol. The second kappa shape index (κ2) is 7.33. The molecule has 4 rings (SSSR count). The molecule has 0 fully saturated rings. The van der Waals surface area contributed by atoms with E-state index in [9.17, 15) is 4.79 Å². The van der Waals surface area contributed by atoms with E-state index in [0.29, 0.717) is 18.1 Å². The fourth-order valence-corrected chi connectivity index (χ4v) is 3.18. The van der Waals surface area contributed by atoms with Crippen molar-refractivity contribution in [3.05, 3.63) is 90.0 Å². The molecule has 0 bridgehead atoms. The van der Waals surface area contributed by atoms with Gasteiger partial charge in [0.1, 0.15) is 12.3 Å². The van der Waals surface area contributed by atoms with Gasteiger partial charge in [-0.15, -0.1) is 0 Å². The van der Waals surface area contributed by atoms with Crippen molar-refractivity contribution in [3.63, 3.8) is 0 Å². The van der Waals surface area contributed by atoms with Gasteiger partial charge in [0.25, 0.3) is 11.7 Å². The van der Waals surface area contributed by atoms with Crippen LogP contribution in [0.3, 0.4) is 0 Å². The van der Waals surface area contributed by atoms with E-state index in [2.05, 4.69) is 5.43 Å². The summed E-state index contributed by atoms with van der Waals surface area (Å²) in [7, 11) is 0. The Balaban J connectivity index is 1.44. The SMILES string of the molecule is NC1=[N+](NC(=O)COc2ccccc2-c2ccccc2)Cc2ccccc21. The number of amides is 1. The largest absolute Gasteiger partial charge is 0.483 e. The van der Waals surface area contributed by atoms with Gasteiger partial charge in [0.2, 0.25) is 0 Å². The van der Waals surface area contributed by atoms with Crippen LogP contribution in [0.2, 0.25) is 0 Å². The van der Waals surface area contributed by atoms with E-state index in [1.807, 2.05) is 78.9 Å². The highest BCUT2D eigenvalue weighted by molar-refractivity contribution is 5.96. The van der Waals surface area contributed by atoms with Gasteiger partial charge < -0.3 is 4.74 Å². The summed E-state index contributed by atoms with van der Waals surface area (Å²) >= 11 is 0. The van der Waals surface area contributed by atoms with Crippen LogP contribution in [0.1, 0.15) is 11.1 Å². The number of fused-ring (bicyclic) bond motifs is 1. The van der Waals surface area contributed by atoms with Crippen LogP contribution < -0.4 is 15.9 Å². The van der Waals surface area contributed by atoms with Crippen LogP contribution in [-0.4, -0.2) is 23.0 Å². The van der Waals surface area contributed by atoms with E-state index < -0.39 is 0 Å². The summed E-state index contributed by atoms with van der Waals surface area (Å²) in [4.78, 5) is 12.4. The topological polar surface area (TPSA) is 67.4 Å². The predicted octanol–water partition coefficient (Wildman–Crippen LogP) is 2.70. The van der Waals surface area contributed by atoms with E-state index in [4.69, 9.17) is 10.5 Å². The Kier molecular flexibility index (Phi) is 4.58. The first-order valence-corrected chi connectivity index (χ1v) is 8.77. The van der Waals surface area contributed by atoms with Crippen molar-refractivity contribution >= 4 is 11.7 Å². The summed E-state index contributed by atoms with van der Waals surface area (Å²) in [5, 5.41) is 0. The number of benzene rings is 3. The van der Waals surface area contributed by atoms with Crippen molar-refractivity contribution in [1.29, 1.82) is 0 Å². The number of hydrogen-bond acceptors (Lipinski definition) is 3. The summed E-state index contributed by atoms with van der Waals surface area (Å²) in [6.45, 7) is 0.457. The smallest absolute Gasteiger partial charge is 0.299 e. The number of rotatable bonds is 5. The van der Waals surface area contributed by atoms with Gasteiger partial charge in [-0.3, -0.25) is 10.5 Å². The van der Waals surface area contributed by atoms with Crippen molar-refractivity contribution in [1.82, 2.24) is 5.43 Å². The second-order valence-corrected chi connectivity index (χ2v) is 6.31. The number of carbonyl (C=O) groups is 1. The normalized spacial score (nSPS) is 12.6. The molecule has 27 heavy (non-hydrogen) atoms. The lowest BCUT2D eigenvalue weighted by Crippen LogP contribution is -2.40. The number of hydrazone groups is 1. The lowest BCUT2D eigenvalue weighted by atomic mass is 10.1. The quantitative estimate of drug-likeness (QED) is 0.689. The van der Waals surface area contributed by atoms with Crippen molar-refractivity contribution in [2.45, 2.75) is 6.54 Å². The Labute approximate surface area is 157 Å². The summed E-state index contributed by atoms with van der Waals surface area (Å²) in [6, 6.07) is 25.5. The van der Waals surface area contributed by atoms with Crippen molar-refractivity contribution in [3.8, 4) is 16.9 Å². The molecule has 0 saturated heterocycles. The van der Waals surface area contributed by atoms with Crippen molar-refractivity contribution < 1.29 is 14.2 Å². The Hall–Kier alpha value is -3.60. The van der Waals surface area contributed by atoms with E-state index in [1.165, 1.54) is 0 Å². The van der Waals surface area contributed by atoms with Gasteiger partial charge in [-0.2, -0.15) is 10.1 Å². The van der Waals surface area contributed by atoms with Crippen LogP contribution in [0.15, 0.2) is 78.9 Å². The summed E-state index contributed by atoms with van der Waals surface area (Å²) in [5.41, 5.74) is 13.0. The molecule has 5 heteroatoms. The highest BCUT2D eigenvalue weighted by Gasteiger charge is 2.25. The van der Waals surface area contributed by atoms with Gasteiger partial charge in [-0.1, -0.05) is 66.7 Å². The van der Waals surface area contributed by atoms with Crippen molar-refractivity contribution in [2.24, 2.45) is 5.73 Å². The maximum Gasteiger partial charge on any atom is 0.299 e. The number of ether oxygens (including phenoxy) is 1. The third-order valence-corrected chi connectivity index (χ3v) is 4.50. The molecule has 0 radical (unpaired) electrons. The Morgan fingerprint density at radius 1 is 0.926 bits per heavy atom. The Bertz CT molecular complexity index is 1010. The molecule has 0 unspecified atom stereocenters. The van der Waals surface area contributed by atoms with Gasteiger partial charge >= 0.3 is 0 Å². The minimum absolute atomic E-state index is 0.0933. The van der Waals surface area contributed by atoms with Gasteiger partial charge in [0.05, 0.1) is 5.56 Å². The van der Waals surface area contributed by atoms with Crippen LogP contribution in [-0.2, 0) is 11.3 Å². The maximum atomic E-state index is 12.4. The first kappa shape index (κ1) is 16.8. The van der Waals surface area contributed by atoms with E-state index in [1.54, 1.807) is 4.68 Å². The molecule has 3 aromatic carbocycles. The van der Waals surface area contributed by atoms with Crippen molar-refractivity contribution in [2.75, 3.05) is 6.61 Å². The zero-order valence-electron chi connectivity index (χ0n) is 14.8. The molecule has 1 aliphatic rings. The number of nitrogens with two attached hydrogens (primary N) is 1. The zero-order valence-corrected chi connectivity index (χ0v) is 14.8. The molecule has 3 N–H and O–H groups in total. The van der Waals surface area contributed by atoms with E-state index in [0.717, 1.165) is 22.3 Å². The number of amidine groups is 1. The Morgan fingerprint density at radius 2 is 1.59 bits per heavy atom. The molecule has 1 amide bonds. The third-order valence-electron chi connectivity index (χ3n) is 4.50. The number of hydrogen-bond donors (Lipinski definition) is 2. The third kappa shape index (κ3) is 3.53. The monoisotopic (exact) mass is 358 g/mol. The second-order valence-electron chi connectivity index (χ2n) is 6.31. The zero-order chi connectivity index (χ0) is 18.6. The van der Waals surface area contributed by atoms with Crippen LogP contribution in [0.25, 0.3) is 11.1 Å². The Morgan fingerprint density at radius 3 is 2.37 bits per heavy atom. The average Bonchev–Trinajstić information content (AvgIpc) is 3.03. The van der Waals surface area contributed by atoms with Gasteiger partial charge in [0, 0.05) is 11.1 Å². The van der Waals surface area contributed by atoms with Gasteiger partial charge in [0.15, 0.2) is 6.61 Å². The van der Waals surface area contributed by atoms with E-state index in [-0.39, 0.29) is 12.5 Å². The lowest BCUT2D eigenvalue weighted by molar-refractivity contribution is -0.586. The number of nitrogens with one attached hydrogen (secondary N) is 1. The molecule has 3 aromatic rings. The number of carbonyl (C=O) groups excluding carboxylic acids is 1. The first-order chi connectivity index (χ1) is 13.2.